The van der Waals surface area contributed by atoms with E-state index in [0.717, 1.165) is 16.7 Å². The van der Waals surface area contributed by atoms with Gasteiger partial charge in [-0.25, -0.2) is 18.4 Å². The first-order valence-electron chi connectivity index (χ1n) is 9.39. The first kappa shape index (κ1) is 21.6. The van der Waals surface area contributed by atoms with Crippen LogP contribution < -0.4 is 5.32 Å². The van der Waals surface area contributed by atoms with Crippen molar-refractivity contribution in [3.05, 3.63) is 82.9 Å². The molecule has 7 nitrogen and oxygen atoms in total. The predicted molar refractivity (Wildman–Crippen MR) is 116 cm³/mol. The Morgan fingerprint density at radius 1 is 0.933 bits per heavy atom. The topological polar surface area (TPSA) is 92.3 Å². The number of nitrogens with one attached hydrogen (secondary N) is 1. The molecule has 8 heteroatoms. The summed E-state index contributed by atoms with van der Waals surface area (Å²) in [4.78, 5) is 21.0. The Bertz CT molecular complexity index is 1140. The summed E-state index contributed by atoms with van der Waals surface area (Å²) in [6, 6.07) is 12.4. The molecule has 0 saturated carbocycles. The maximum atomic E-state index is 12.7. The van der Waals surface area contributed by atoms with Crippen molar-refractivity contribution in [1.82, 2.24) is 14.3 Å². The van der Waals surface area contributed by atoms with Crippen LogP contribution in [0.2, 0.25) is 0 Å². The van der Waals surface area contributed by atoms with Crippen LogP contribution in [0.3, 0.4) is 0 Å². The highest BCUT2D eigenvalue weighted by molar-refractivity contribution is 7.89. The monoisotopic (exact) mass is 424 g/mol. The second-order valence-electron chi connectivity index (χ2n) is 7.29. The lowest BCUT2D eigenvalue weighted by atomic mass is 10.1. The lowest BCUT2D eigenvalue weighted by Gasteiger charge is -2.16. The first-order valence-corrected chi connectivity index (χ1v) is 10.8. The van der Waals surface area contributed by atoms with Crippen molar-refractivity contribution >= 4 is 21.6 Å². The van der Waals surface area contributed by atoms with Crippen LogP contribution in [-0.2, 0) is 16.6 Å². The fraction of sp³-hybridized carbons (Fsp3) is 0.227. The maximum absolute atomic E-state index is 12.7. The molecule has 30 heavy (non-hydrogen) atoms. The summed E-state index contributed by atoms with van der Waals surface area (Å²) in [5.74, 6) is -0.0247. The van der Waals surface area contributed by atoms with Crippen LogP contribution in [-0.4, -0.2) is 35.6 Å². The molecule has 0 atom stereocenters. The summed E-state index contributed by atoms with van der Waals surface area (Å²) in [5.41, 5.74) is 4.08. The summed E-state index contributed by atoms with van der Waals surface area (Å²) >= 11 is 0. The molecule has 3 rings (SSSR count). The zero-order chi connectivity index (χ0) is 21.9. The normalized spacial score (nSPS) is 11.5. The van der Waals surface area contributed by atoms with Gasteiger partial charge in [0.1, 0.15) is 5.82 Å². The smallest absolute Gasteiger partial charge is 0.258 e. The highest BCUT2D eigenvalue weighted by Crippen LogP contribution is 2.17. The van der Waals surface area contributed by atoms with Crippen molar-refractivity contribution in [2.75, 3.05) is 12.4 Å². The quantitative estimate of drug-likeness (QED) is 0.654. The summed E-state index contributed by atoms with van der Waals surface area (Å²) in [6.07, 6.45) is 2.79. The van der Waals surface area contributed by atoms with Gasteiger partial charge in [0.2, 0.25) is 10.0 Å². The Labute approximate surface area is 176 Å². The molecule has 0 unspecified atom stereocenters. The molecular formula is C22H24N4O3S. The van der Waals surface area contributed by atoms with Crippen molar-refractivity contribution < 1.29 is 13.2 Å². The van der Waals surface area contributed by atoms with Crippen molar-refractivity contribution in [2.45, 2.75) is 32.2 Å². The Morgan fingerprint density at radius 3 is 2.07 bits per heavy atom. The standard InChI is InChI=1S/C22H24N4O3S/c1-15-5-7-20(8-6-15)30(28,29)26(4)14-21-23-12-18(13-24-21)22(27)25-19-10-16(2)9-17(3)11-19/h5-13H,14H2,1-4H3,(H,25,27). The van der Waals surface area contributed by atoms with E-state index >= 15 is 0 Å². The summed E-state index contributed by atoms with van der Waals surface area (Å²) in [7, 11) is -2.18. The molecule has 1 heterocycles. The van der Waals surface area contributed by atoms with Gasteiger partial charge in [-0.3, -0.25) is 4.79 Å². The van der Waals surface area contributed by atoms with Gasteiger partial charge in [0.15, 0.2) is 0 Å². The van der Waals surface area contributed by atoms with Crippen LogP contribution in [0.5, 0.6) is 0 Å². The maximum Gasteiger partial charge on any atom is 0.258 e. The van der Waals surface area contributed by atoms with Gasteiger partial charge in [0.25, 0.3) is 5.91 Å². The molecule has 0 fully saturated rings. The molecule has 0 aliphatic rings. The number of sulfonamides is 1. The minimum Gasteiger partial charge on any atom is -0.322 e. The number of amides is 1. The van der Waals surface area contributed by atoms with E-state index in [1.165, 1.54) is 23.7 Å². The van der Waals surface area contributed by atoms with Crippen molar-refractivity contribution in [1.29, 1.82) is 0 Å². The van der Waals surface area contributed by atoms with Crippen LogP contribution in [0.25, 0.3) is 0 Å². The number of carbonyl (C=O) groups excluding carboxylic acids is 1. The zero-order valence-electron chi connectivity index (χ0n) is 17.4. The Morgan fingerprint density at radius 2 is 1.50 bits per heavy atom. The zero-order valence-corrected chi connectivity index (χ0v) is 18.2. The van der Waals surface area contributed by atoms with Gasteiger partial charge in [0, 0.05) is 25.1 Å². The Balaban J connectivity index is 1.69. The molecule has 0 saturated heterocycles. The second kappa shape index (κ2) is 8.73. The summed E-state index contributed by atoms with van der Waals surface area (Å²) in [5, 5.41) is 2.83. The fourth-order valence-corrected chi connectivity index (χ4v) is 4.10. The lowest BCUT2D eigenvalue weighted by Crippen LogP contribution is -2.27. The average Bonchev–Trinajstić information content (AvgIpc) is 2.68. The number of anilines is 1. The third-order valence-electron chi connectivity index (χ3n) is 4.54. The lowest BCUT2D eigenvalue weighted by molar-refractivity contribution is 0.102. The van der Waals surface area contributed by atoms with E-state index in [9.17, 15) is 13.2 Å². The Hall–Kier alpha value is -3.10. The number of rotatable bonds is 6. The fourth-order valence-electron chi connectivity index (χ4n) is 2.98. The van der Waals surface area contributed by atoms with E-state index in [1.807, 2.05) is 39.0 Å². The molecule has 0 aliphatic heterocycles. The first-order chi connectivity index (χ1) is 14.1. The molecule has 1 N–H and O–H groups in total. The van der Waals surface area contributed by atoms with Crippen molar-refractivity contribution in [3.8, 4) is 0 Å². The molecule has 2 aromatic carbocycles. The third kappa shape index (κ3) is 5.08. The van der Waals surface area contributed by atoms with Gasteiger partial charge < -0.3 is 5.32 Å². The molecule has 1 aromatic heterocycles. The van der Waals surface area contributed by atoms with Crippen molar-refractivity contribution in [2.24, 2.45) is 0 Å². The predicted octanol–water partition coefficient (Wildman–Crippen LogP) is 3.47. The molecule has 0 aliphatic carbocycles. The van der Waals surface area contributed by atoms with Crippen LogP contribution in [0.15, 0.2) is 59.8 Å². The van der Waals surface area contributed by atoms with Crippen molar-refractivity contribution in [3.63, 3.8) is 0 Å². The van der Waals surface area contributed by atoms with Crippen LogP contribution in [0.1, 0.15) is 32.9 Å². The SMILES string of the molecule is Cc1ccc(S(=O)(=O)N(C)Cc2ncc(C(=O)Nc3cc(C)cc(C)c3)cn2)cc1. The largest absolute Gasteiger partial charge is 0.322 e. The van der Waals surface area contributed by atoms with Gasteiger partial charge in [-0.05, 0) is 56.2 Å². The molecule has 0 spiro atoms. The number of nitrogens with zero attached hydrogens (tertiary/aromatic N) is 3. The van der Waals surface area contributed by atoms with Crippen LogP contribution in [0, 0.1) is 20.8 Å². The molecule has 156 valence electrons. The number of aryl methyl sites for hydroxylation is 3. The van der Waals surface area contributed by atoms with Gasteiger partial charge >= 0.3 is 0 Å². The van der Waals surface area contributed by atoms with E-state index in [1.54, 1.807) is 24.3 Å². The third-order valence-corrected chi connectivity index (χ3v) is 6.36. The van der Waals surface area contributed by atoms with Crippen LogP contribution >= 0.6 is 0 Å². The van der Waals surface area contributed by atoms with Gasteiger partial charge in [-0.15, -0.1) is 0 Å². The van der Waals surface area contributed by atoms with Crippen LogP contribution in [0.4, 0.5) is 5.69 Å². The summed E-state index contributed by atoms with van der Waals surface area (Å²) < 4.78 is 26.6. The van der Waals surface area contributed by atoms with E-state index in [2.05, 4.69) is 15.3 Å². The van der Waals surface area contributed by atoms with E-state index in [4.69, 9.17) is 0 Å². The molecule has 3 aromatic rings. The van der Waals surface area contributed by atoms with Gasteiger partial charge in [0.05, 0.1) is 17.0 Å². The minimum atomic E-state index is -3.66. The highest BCUT2D eigenvalue weighted by atomic mass is 32.2. The van der Waals surface area contributed by atoms with Gasteiger partial charge in [-0.2, -0.15) is 4.31 Å². The number of aromatic nitrogens is 2. The number of benzene rings is 2. The second-order valence-corrected chi connectivity index (χ2v) is 9.34. The summed E-state index contributed by atoms with van der Waals surface area (Å²) in [6.45, 7) is 5.81. The number of carbonyl (C=O) groups is 1. The molecule has 1 amide bonds. The molecule has 0 radical (unpaired) electrons. The Kier molecular flexibility index (Phi) is 6.28. The average molecular weight is 425 g/mol. The van der Waals surface area contributed by atoms with E-state index in [0.29, 0.717) is 17.1 Å². The highest BCUT2D eigenvalue weighted by Gasteiger charge is 2.21. The molecule has 0 bridgehead atoms. The number of hydrogen-bond acceptors (Lipinski definition) is 5. The number of hydrogen-bond donors (Lipinski definition) is 1. The van der Waals surface area contributed by atoms with E-state index in [-0.39, 0.29) is 17.3 Å². The minimum absolute atomic E-state index is 0.00478. The molecular weight excluding hydrogens is 400 g/mol. The van der Waals surface area contributed by atoms with Gasteiger partial charge in [-0.1, -0.05) is 23.8 Å². The van der Waals surface area contributed by atoms with E-state index < -0.39 is 10.0 Å².